The molecule has 0 aliphatic rings. The molecule has 2 amide bonds. The maximum atomic E-state index is 13.2. The Kier molecular flexibility index (Phi) is 7.59. The molecule has 0 aromatic heterocycles. The molecule has 0 bridgehead atoms. The molecule has 3 rings (SSSR count). The second kappa shape index (κ2) is 10.3. The fourth-order valence-corrected chi connectivity index (χ4v) is 6.37. The number of nitrogens with zero attached hydrogens (tertiary/aromatic N) is 4. The van der Waals surface area contributed by atoms with Crippen LogP contribution in [0.2, 0.25) is 0 Å². The summed E-state index contributed by atoms with van der Waals surface area (Å²) in [6.07, 6.45) is 0. The Morgan fingerprint density at radius 3 is 1.21 bits per heavy atom. The summed E-state index contributed by atoms with van der Waals surface area (Å²) < 4.78 is 53.4. The highest BCUT2D eigenvalue weighted by Crippen LogP contribution is 2.31. The van der Waals surface area contributed by atoms with Gasteiger partial charge in [-0.25, -0.2) is 25.4 Å². The third-order valence-electron chi connectivity index (χ3n) is 5.02. The van der Waals surface area contributed by atoms with Crippen molar-refractivity contribution in [3.8, 4) is 0 Å². The zero-order chi connectivity index (χ0) is 28.4. The van der Waals surface area contributed by atoms with Crippen LogP contribution >= 0.6 is 0 Å². The quantitative estimate of drug-likeness (QED) is 0.291. The summed E-state index contributed by atoms with van der Waals surface area (Å²) in [5.41, 5.74) is -1.53. The van der Waals surface area contributed by atoms with Crippen LogP contribution in [-0.4, -0.2) is 38.5 Å². The van der Waals surface area contributed by atoms with Crippen LogP contribution in [0.15, 0.2) is 82.6 Å². The fourth-order valence-electron chi connectivity index (χ4n) is 3.43. The molecule has 0 radical (unpaired) electrons. The molecule has 14 nitrogen and oxygen atoms in total. The van der Waals surface area contributed by atoms with Gasteiger partial charge in [-0.1, -0.05) is 12.1 Å². The Labute approximate surface area is 216 Å². The standard InChI is InChI=1S/C22H18N4O10S2/c1-15(27)23(37(33,34)21-7-3-5-19(13-21)25(29)30)17-9-11-18(12-10-17)24(16(2)28)38(35,36)22-8-4-6-20(14-22)26(31)32/h3-14H,1-2H3. The number of hydrogen-bond acceptors (Lipinski definition) is 10. The summed E-state index contributed by atoms with van der Waals surface area (Å²) in [4.78, 5) is 44.1. The Bertz CT molecular complexity index is 1550. The van der Waals surface area contributed by atoms with Crippen LogP contribution in [0.4, 0.5) is 22.7 Å². The average molecular weight is 563 g/mol. The van der Waals surface area contributed by atoms with Gasteiger partial charge in [0, 0.05) is 38.1 Å². The predicted molar refractivity (Wildman–Crippen MR) is 133 cm³/mol. The molecule has 0 atom stereocenters. The molecule has 3 aromatic rings. The first kappa shape index (κ1) is 27.9. The van der Waals surface area contributed by atoms with E-state index in [9.17, 15) is 46.7 Å². The van der Waals surface area contributed by atoms with Crippen LogP contribution in [-0.2, 0) is 29.6 Å². The van der Waals surface area contributed by atoms with Crippen molar-refractivity contribution in [3.63, 3.8) is 0 Å². The lowest BCUT2D eigenvalue weighted by Gasteiger charge is -2.24. The number of anilines is 2. The van der Waals surface area contributed by atoms with Gasteiger partial charge < -0.3 is 0 Å². The van der Waals surface area contributed by atoms with Crippen molar-refractivity contribution in [2.24, 2.45) is 0 Å². The summed E-state index contributed by atoms with van der Waals surface area (Å²) in [7, 11) is -9.25. The molecule has 198 valence electrons. The van der Waals surface area contributed by atoms with Gasteiger partial charge in [0.15, 0.2) is 0 Å². The van der Waals surface area contributed by atoms with Crippen LogP contribution < -0.4 is 8.61 Å². The first-order valence-electron chi connectivity index (χ1n) is 10.4. The normalized spacial score (nSPS) is 11.4. The predicted octanol–water partition coefficient (Wildman–Crippen LogP) is 2.99. The number of rotatable bonds is 8. The molecular formula is C22H18N4O10S2. The van der Waals surface area contributed by atoms with E-state index >= 15 is 0 Å². The maximum Gasteiger partial charge on any atom is 0.271 e. The van der Waals surface area contributed by atoms with Crippen LogP contribution in [0.1, 0.15) is 13.8 Å². The number of amides is 2. The number of carbonyl (C=O) groups excluding carboxylic acids is 2. The highest BCUT2D eigenvalue weighted by Gasteiger charge is 2.32. The summed E-state index contributed by atoms with van der Waals surface area (Å²) in [5, 5.41) is 22.1. The van der Waals surface area contributed by atoms with Gasteiger partial charge in [0.1, 0.15) is 0 Å². The lowest BCUT2D eigenvalue weighted by Crippen LogP contribution is -2.36. The second-order valence-electron chi connectivity index (χ2n) is 7.60. The fraction of sp³-hybridized carbons (Fsp3) is 0.0909. The minimum Gasteiger partial charge on any atom is -0.274 e. The number of carbonyl (C=O) groups is 2. The van der Waals surface area contributed by atoms with Crippen LogP contribution in [0.3, 0.4) is 0 Å². The molecule has 3 aromatic carbocycles. The zero-order valence-electron chi connectivity index (χ0n) is 19.6. The van der Waals surface area contributed by atoms with E-state index in [4.69, 9.17) is 0 Å². The van der Waals surface area contributed by atoms with Gasteiger partial charge >= 0.3 is 0 Å². The Hall–Kier alpha value is -4.70. The number of hydrogen-bond donors (Lipinski definition) is 0. The Balaban J connectivity index is 2.07. The van der Waals surface area contributed by atoms with Crippen molar-refractivity contribution in [2.45, 2.75) is 23.6 Å². The summed E-state index contributed by atoms with van der Waals surface area (Å²) in [6, 6.07) is 12.3. The van der Waals surface area contributed by atoms with Crippen molar-refractivity contribution >= 4 is 54.6 Å². The highest BCUT2D eigenvalue weighted by molar-refractivity contribution is 7.94. The van der Waals surface area contributed by atoms with Gasteiger partial charge in [-0.05, 0) is 36.4 Å². The lowest BCUT2D eigenvalue weighted by atomic mass is 10.2. The number of nitro benzene ring substituents is 2. The summed E-state index contributed by atoms with van der Waals surface area (Å²) in [5.74, 6) is -1.95. The van der Waals surface area contributed by atoms with E-state index in [2.05, 4.69) is 0 Å². The van der Waals surface area contributed by atoms with E-state index in [-0.39, 0.29) is 11.4 Å². The number of nitro groups is 2. The van der Waals surface area contributed by atoms with Gasteiger partial charge in [-0.15, -0.1) is 0 Å². The monoisotopic (exact) mass is 562 g/mol. The number of sulfonamides is 2. The highest BCUT2D eigenvalue weighted by atomic mass is 32.2. The van der Waals surface area contributed by atoms with Crippen molar-refractivity contribution in [3.05, 3.63) is 93.0 Å². The van der Waals surface area contributed by atoms with Crippen LogP contribution in [0, 0.1) is 20.2 Å². The second-order valence-corrected chi connectivity index (χ2v) is 11.2. The summed E-state index contributed by atoms with van der Waals surface area (Å²) >= 11 is 0. The van der Waals surface area contributed by atoms with Gasteiger partial charge in [0.05, 0.1) is 31.0 Å². The molecule has 0 unspecified atom stereocenters. The maximum absolute atomic E-state index is 13.2. The first-order valence-corrected chi connectivity index (χ1v) is 13.3. The number of non-ortho nitro benzene ring substituents is 2. The van der Waals surface area contributed by atoms with Gasteiger partial charge in [0.2, 0.25) is 11.8 Å². The van der Waals surface area contributed by atoms with Crippen molar-refractivity contribution in [1.82, 2.24) is 0 Å². The molecule has 16 heteroatoms. The van der Waals surface area contributed by atoms with E-state index in [0.717, 1.165) is 86.6 Å². The number of benzene rings is 3. The molecule has 0 saturated heterocycles. The lowest BCUT2D eigenvalue weighted by molar-refractivity contribution is -0.385. The van der Waals surface area contributed by atoms with E-state index in [1.165, 1.54) is 0 Å². The first-order chi connectivity index (χ1) is 17.7. The third-order valence-corrected chi connectivity index (χ3v) is 8.62. The molecule has 0 spiro atoms. The smallest absolute Gasteiger partial charge is 0.271 e. The topological polar surface area (TPSA) is 195 Å². The summed E-state index contributed by atoms with van der Waals surface area (Å²) in [6.45, 7) is 1.88. The molecule has 0 aliphatic heterocycles. The van der Waals surface area contributed by atoms with E-state index in [0.29, 0.717) is 8.61 Å². The van der Waals surface area contributed by atoms with Gasteiger partial charge in [-0.3, -0.25) is 29.8 Å². The zero-order valence-corrected chi connectivity index (χ0v) is 21.2. The van der Waals surface area contributed by atoms with E-state index in [1.807, 2.05) is 0 Å². The average Bonchev–Trinajstić information content (AvgIpc) is 2.84. The molecular weight excluding hydrogens is 544 g/mol. The van der Waals surface area contributed by atoms with Crippen molar-refractivity contribution in [2.75, 3.05) is 8.61 Å². The minimum atomic E-state index is -4.63. The van der Waals surface area contributed by atoms with E-state index in [1.54, 1.807) is 0 Å². The van der Waals surface area contributed by atoms with E-state index < -0.39 is 62.9 Å². The molecule has 0 N–H and O–H groups in total. The molecule has 0 aliphatic carbocycles. The van der Waals surface area contributed by atoms with Crippen molar-refractivity contribution in [1.29, 1.82) is 0 Å². The molecule has 38 heavy (non-hydrogen) atoms. The molecule has 0 saturated carbocycles. The van der Waals surface area contributed by atoms with Crippen LogP contribution in [0.5, 0.6) is 0 Å². The molecule has 0 heterocycles. The van der Waals surface area contributed by atoms with Gasteiger partial charge in [-0.2, -0.15) is 0 Å². The Morgan fingerprint density at radius 2 is 0.947 bits per heavy atom. The minimum absolute atomic E-state index is 0.246. The molecule has 0 fully saturated rings. The van der Waals surface area contributed by atoms with Gasteiger partial charge in [0.25, 0.3) is 31.4 Å². The SMILES string of the molecule is CC(=O)N(c1ccc(N(C(C)=O)S(=O)(=O)c2cccc([N+](=O)[O-])c2)cc1)S(=O)(=O)c1cccc([N+](=O)[O-])c1. The Morgan fingerprint density at radius 1 is 0.632 bits per heavy atom. The van der Waals surface area contributed by atoms with Crippen LogP contribution in [0.25, 0.3) is 0 Å². The largest absolute Gasteiger partial charge is 0.274 e. The third kappa shape index (κ3) is 5.35. The van der Waals surface area contributed by atoms with Crippen molar-refractivity contribution < 1.29 is 36.3 Å².